The van der Waals surface area contributed by atoms with Gasteiger partial charge in [-0.2, -0.15) is 5.10 Å². The molecule has 1 fully saturated rings. The first kappa shape index (κ1) is 15.7. The van der Waals surface area contributed by atoms with E-state index in [2.05, 4.69) is 22.4 Å². The van der Waals surface area contributed by atoms with Crippen molar-refractivity contribution in [2.24, 2.45) is 11.8 Å². The zero-order chi connectivity index (χ0) is 16.7. The van der Waals surface area contributed by atoms with Crippen molar-refractivity contribution in [3.63, 3.8) is 0 Å². The first-order chi connectivity index (χ1) is 11.6. The maximum Gasteiger partial charge on any atom is 0.227 e. The van der Waals surface area contributed by atoms with Crippen LogP contribution in [0.15, 0.2) is 24.3 Å². The molecule has 4 rings (SSSR count). The van der Waals surface area contributed by atoms with Gasteiger partial charge in [0.05, 0.1) is 11.6 Å². The molecule has 2 aliphatic rings. The van der Waals surface area contributed by atoms with Crippen LogP contribution in [0.2, 0.25) is 5.02 Å². The molecule has 2 atom stereocenters. The summed E-state index contributed by atoms with van der Waals surface area (Å²) < 4.78 is 0. The Morgan fingerprint density at radius 1 is 1.29 bits per heavy atom. The number of H-pyrrole nitrogens is 1. The zero-order valence-corrected chi connectivity index (χ0v) is 14.4. The van der Waals surface area contributed by atoms with Gasteiger partial charge in [0.1, 0.15) is 0 Å². The standard InChI is InChI=1S/C18H21ClN4O/c1-11-8-20-9-14(11)18(24)23-7-6-16-15(10-23)17(22-21-16)12-2-4-13(19)5-3-12/h2-5,11,14,20H,6-10H2,1H3,(H,21,22)/t11-,14-/m1/s1. The van der Waals surface area contributed by atoms with Gasteiger partial charge in [-0.05, 0) is 24.6 Å². The van der Waals surface area contributed by atoms with Crippen molar-refractivity contribution in [3.8, 4) is 11.3 Å². The molecule has 2 aliphatic heterocycles. The summed E-state index contributed by atoms with van der Waals surface area (Å²) in [6.07, 6.45) is 0.830. The molecule has 5 nitrogen and oxygen atoms in total. The van der Waals surface area contributed by atoms with Gasteiger partial charge in [-0.15, -0.1) is 0 Å². The summed E-state index contributed by atoms with van der Waals surface area (Å²) in [5.74, 6) is 0.762. The van der Waals surface area contributed by atoms with Crippen molar-refractivity contribution in [3.05, 3.63) is 40.5 Å². The minimum absolute atomic E-state index is 0.0948. The first-order valence-electron chi connectivity index (χ1n) is 8.45. The van der Waals surface area contributed by atoms with Gasteiger partial charge in [-0.25, -0.2) is 0 Å². The lowest BCUT2D eigenvalue weighted by Crippen LogP contribution is -2.41. The molecule has 0 aliphatic carbocycles. The molecule has 2 N–H and O–H groups in total. The number of hydrogen-bond donors (Lipinski definition) is 2. The molecule has 0 unspecified atom stereocenters. The molecule has 0 spiro atoms. The molecule has 1 aromatic carbocycles. The molecule has 24 heavy (non-hydrogen) atoms. The van der Waals surface area contributed by atoms with E-state index in [1.165, 1.54) is 0 Å². The number of fused-ring (bicyclic) bond motifs is 1. The van der Waals surface area contributed by atoms with Crippen LogP contribution in [0, 0.1) is 11.8 Å². The molecule has 0 bridgehead atoms. The van der Waals surface area contributed by atoms with Crippen molar-refractivity contribution in [2.45, 2.75) is 19.9 Å². The summed E-state index contributed by atoms with van der Waals surface area (Å²) in [7, 11) is 0. The number of halogens is 1. The molecule has 1 aromatic heterocycles. The van der Waals surface area contributed by atoms with E-state index in [1.807, 2.05) is 29.2 Å². The monoisotopic (exact) mass is 344 g/mol. The molecular weight excluding hydrogens is 324 g/mol. The highest BCUT2D eigenvalue weighted by molar-refractivity contribution is 6.30. The summed E-state index contributed by atoms with van der Waals surface area (Å²) in [6, 6.07) is 7.69. The summed E-state index contributed by atoms with van der Waals surface area (Å²) >= 11 is 5.98. The van der Waals surface area contributed by atoms with Crippen LogP contribution >= 0.6 is 11.6 Å². The van der Waals surface area contributed by atoms with Gasteiger partial charge in [0.2, 0.25) is 5.91 Å². The van der Waals surface area contributed by atoms with E-state index in [4.69, 9.17) is 11.6 Å². The number of amides is 1. The third kappa shape index (κ3) is 2.72. The van der Waals surface area contributed by atoms with Crippen molar-refractivity contribution in [1.82, 2.24) is 20.4 Å². The summed E-state index contributed by atoms with van der Waals surface area (Å²) in [5, 5.41) is 11.7. The molecule has 3 heterocycles. The Labute approximate surface area is 146 Å². The van der Waals surface area contributed by atoms with Gasteiger partial charge < -0.3 is 10.2 Å². The number of carbonyl (C=O) groups excluding carboxylic acids is 1. The van der Waals surface area contributed by atoms with Crippen LogP contribution in [0.25, 0.3) is 11.3 Å². The Morgan fingerprint density at radius 3 is 2.79 bits per heavy atom. The molecule has 0 radical (unpaired) electrons. The lowest BCUT2D eigenvalue weighted by molar-refractivity contribution is -0.136. The molecule has 126 valence electrons. The van der Waals surface area contributed by atoms with Crippen LogP contribution < -0.4 is 5.32 Å². The zero-order valence-electron chi connectivity index (χ0n) is 13.7. The van der Waals surface area contributed by atoms with E-state index in [9.17, 15) is 4.79 Å². The number of hydrogen-bond acceptors (Lipinski definition) is 3. The Kier molecular flexibility index (Phi) is 4.06. The van der Waals surface area contributed by atoms with E-state index in [0.717, 1.165) is 48.6 Å². The van der Waals surface area contributed by atoms with Crippen LogP contribution in [0.5, 0.6) is 0 Å². The fourth-order valence-corrected chi connectivity index (χ4v) is 3.83. The molecule has 1 saturated heterocycles. The Morgan fingerprint density at radius 2 is 2.08 bits per heavy atom. The second-order valence-electron chi connectivity index (χ2n) is 6.79. The number of rotatable bonds is 2. The van der Waals surface area contributed by atoms with E-state index in [1.54, 1.807) is 0 Å². The molecular formula is C18H21ClN4O. The molecule has 6 heteroatoms. The van der Waals surface area contributed by atoms with Crippen molar-refractivity contribution >= 4 is 17.5 Å². The normalized spacial score (nSPS) is 23.3. The first-order valence-corrected chi connectivity index (χ1v) is 8.83. The maximum atomic E-state index is 12.9. The van der Waals surface area contributed by atoms with E-state index in [0.29, 0.717) is 17.5 Å². The van der Waals surface area contributed by atoms with E-state index < -0.39 is 0 Å². The fraction of sp³-hybridized carbons (Fsp3) is 0.444. The van der Waals surface area contributed by atoms with Gasteiger partial charge in [-0.1, -0.05) is 30.7 Å². The smallest absolute Gasteiger partial charge is 0.227 e. The second kappa shape index (κ2) is 6.22. The molecule has 2 aromatic rings. The predicted octanol–water partition coefficient (Wildman–Crippen LogP) is 2.47. The summed E-state index contributed by atoms with van der Waals surface area (Å²) in [4.78, 5) is 14.9. The SMILES string of the molecule is C[C@@H]1CNC[C@H]1C(=O)N1CCc2[nH]nc(-c3ccc(Cl)cc3)c2C1. The van der Waals surface area contributed by atoms with E-state index in [-0.39, 0.29) is 11.8 Å². The average molecular weight is 345 g/mol. The van der Waals surface area contributed by atoms with Crippen LogP contribution in [-0.4, -0.2) is 40.6 Å². The van der Waals surface area contributed by atoms with Gasteiger partial charge in [-0.3, -0.25) is 9.89 Å². The molecule has 0 saturated carbocycles. The fourth-order valence-electron chi connectivity index (χ4n) is 3.70. The topological polar surface area (TPSA) is 61.0 Å². The highest BCUT2D eigenvalue weighted by Gasteiger charge is 2.35. The third-order valence-corrected chi connectivity index (χ3v) is 5.45. The lowest BCUT2D eigenvalue weighted by Gasteiger charge is -2.30. The second-order valence-corrected chi connectivity index (χ2v) is 7.22. The minimum atomic E-state index is 0.0948. The van der Waals surface area contributed by atoms with Crippen molar-refractivity contribution in [1.29, 1.82) is 0 Å². The lowest BCUT2D eigenvalue weighted by atomic mass is 9.94. The Balaban J connectivity index is 1.59. The van der Waals surface area contributed by atoms with Gasteiger partial charge in [0.25, 0.3) is 0 Å². The quantitative estimate of drug-likeness (QED) is 0.879. The van der Waals surface area contributed by atoms with Gasteiger partial charge in [0.15, 0.2) is 0 Å². The Hall–Kier alpha value is -1.85. The number of aromatic nitrogens is 2. The third-order valence-electron chi connectivity index (χ3n) is 5.20. The van der Waals surface area contributed by atoms with Gasteiger partial charge in [0, 0.05) is 47.9 Å². The van der Waals surface area contributed by atoms with Gasteiger partial charge >= 0.3 is 0 Å². The molecule has 1 amide bonds. The minimum Gasteiger partial charge on any atom is -0.338 e. The number of carbonyl (C=O) groups is 1. The Bertz CT molecular complexity index is 755. The number of nitrogens with one attached hydrogen (secondary N) is 2. The number of aromatic amines is 1. The summed E-state index contributed by atoms with van der Waals surface area (Å²) in [6.45, 7) is 5.26. The summed E-state index contributed by atoms with van der Waals surface area (Å²) in [5.41, 5.74) is 4.23. The van der Waals surface area contributed by atoms with Crippen LogP contribution in [0.3, 0.4) is 0 Å². The van der Waals surface area contributed by atoms with Crippen LogP contribution in [0.1, 0.15) is 18.2 Å². The largest absolute Gasteiger partial charge is 0.338 e. The van der Waals surface area contributed by atoms with Crippen molar-refractivity contribution in [2.75, 3.05) is 19.6 Å². The number of benzene rings is 1. The number of nitrogens with zero attached hydrogens (tertiary/aromatic N) is 2. The average Bonchev–Trinajstić information content (AvgIpc) is 3.20. The predicted molar refractivity (Wildman–Crippen MR) is 93.7 cm³/mol. The highest BCUT2D eigenvalue weighted by atomic mass is 35.5. The van der Waals surface area contributed by atoms with Crippen LogP contribution in [-0.2, 0) is 17.8 Å². The van der Waals surface area contributed by atoms with Crippen LogP contribution in [0.4, 0.5) is 0 Å². The maximum absolute atomic E-state index is 12.9. The van der Waals surface area contributed by atoms with Crippen molar-refractivity contribution < 1.29 is 4.79 Å². The highest BCUT2D eigenvalue weighted by Crippen LogP contribution is 2.30. The van der Waals surface area contributed by atoms with E-state index >= 15 is 0 Å².